The van der Waals surface area contributed by atoms with Crippen LogP contribution in [0.3, 0.4) is 0 Å². The van der Waals surface area contributed by atoms with E-state index in [0.29, 0.717) is 38.2 Å². The number of fused-ring (bicyclic) bond motifs is 1. The molecule has 0 atom stereocenters. The number of amides is 1. The number of anilines is 1. The van der Waals surface area contributed by atoms with Crippen molar-refractivity contribution in [3.8, 4) is 11.1 Å². The Hall–Kier alpha value is -3.00. The number of benzene rings is 3. The van der Waals surface area contributed by atoms with Gasteiger partial charge in [-0.2, -0.15) is 13.2 Å². The molecule has 1 amide bonds. The molecular weight excluding hydrogens is 526 g/mol. The smallest absolute Gasteiger partial charge is 0.418 e. The minimum Gasteiger partial charge on any atom is -0.422 e. The zero-order valence-corrected chi connectivity index (χ0v) is 20.2. The molecule has 0 aliphatic heterocycles. The fourth-order valence-corrected chi connectivity index (χ4v) is 4.23. The molecule has 0 bridgehead atoms. The van der Waals surface area contributed by atoms with E-state index in [1.807, 2.05) is 0 Å². The molecule has 0 fully saturated rings. The molecule has 0 saturated carbocycles. The van der Waals surface area contributed by atoms with Gasteiger partial charge in [-0.05, 0) is 54.4 Å². The second-order valence-corrected chi connectivity index (χ2v) is 9.04. The Labute approximate surface area is 212 Å². The number of aryl methyl sites for hydroxylation is 1. The van der Waals surface area contributed by atoms with Crippen molar-refractivity contribution < 1.29 is 22.4 Å². The fraction of sp³-hybridized carbons (Fsp3) is 0.120. The van der Waals surface area contributed by atoms with E-state index < -0.39 is 35.4 Å². The summed E-state index contributed by atoms with van der Waals surface area (Å²) in [6, 6.07) is 12.8. The van der Waals surface area contributed by atoms with Crippen LogP contribution in [0.15, 0.2) is 63.8 Å². The van der Waals surface area contributed by atoms with Gasteiger partial charge in [0.2, 0.25) is 5.91 Å². The third-order valence-electron chi connectivity index (χ3n) is 5.29. The van der Waals surface area contributed by atoms with Crippen LogP contribution in [0.2, 0.25) is 15.1 Å². The van der Waals surface area contributed by atoms with Crippen molar-refractivity contribution in [1.29, 1.82) is 0 Å². The first-order chi connectivity index (χ1) is 16.4. The van der Waals surface area contributed by atoms with E-state index in [-0.39, 0.29) is 16.2 Å². The maximum atomic E-state index is 13.4. The summed E-state index contributed by atoms with van der Waals surface area (Å²) in [5.41, 5.74) is -0.655. The van der Waals surface area contributed by atoms with Crippen molar-refractivity contribution in [1.82, 2.24) is 0 Å². The van der Waals surface area contributed by atoms with E-state index in [0.717, 1.165) is 6.07 Å². The first-order valence-corrected chi connectivity index (χ1v) is 11.3. The van der Waals surface area contributed by atoms with Gasteiger partial charge in [-0.15, -0.1) is 0 Å². The molecule has 0 radical (unpaired) electrons. The summed E-state index contributed by atoms with van der Waals surface area (Å²) < 4.78 is 45.7. The quantitative estimate of drug-likeness (QED) is 0.267. The van der Waals surface area contributed by atoms with Crippen molar-refractivity contribution in [3.05, 3.63) is 96.8 Å². The molecule has 0 aliphatic rings. The average molecular weight is 541 g/mol. The van der Waals surface area contributed by atoms with Gasteiger partial charge in [0.1, 0.15) is 5.58 Å². The second kappa shape index (κ2) is 9.57. The van der Waals surface area contributed by atoms with E-state index in [4.69, 9.17) is 39.2 Å². The molecule has 1 N–H and O–H groups in total. The van der Waals surface area contributed by atoms with Crippen LogP contribution in [0.4, 0.5) is 18.9 Å². The summed E-state index contributed by atoms with van der Waals surface area (Å²) in [6.45, 7) is 1.76. The normalized spacial score (nSPS) is 11.6. The lowest BCUT2D eigenvalue weighted by molar-refractivity contribution is -0.137. The second-order valence-electron chi connectivity index (χ2n) is 7.76. The van der Waals surface area contributed by atoms with Crippen molar-refractivity contribution in [2.75, 3.05) is 5.32 Å². The van der Waals surface area contributed by atoms with E-state index in [1.165, 1.54) is 12.1 Å². The summed E-state index contributed by atoms with van der Waals surface area (Å²) in [7, 11) is 0. The van der Waals surface area contributed by atoms with Gasteiger partial charge in [-0.25, -0.2) is 4.79 Å². The van der Waals surface area contributed by atoms with E-state index >= 15 is 0 Å². The first-order valence-electron chi connectivity index (χ1n) is 10.1. The summed E-state index contributed by atoms with van der Waals surface area (Å²) in [4.78, 5) is 25.8. The molecule has 180 valence electrons. The standard InChI is InChI=1S/C25H15Cl3F3NO3/c1-12-7-16-21(11-19(12)28)35-24(34)17(23(16)13-3-2-4-14(26)8-13)10-22(33)32-20-6-5-15(27)9-18(20)25(29,30)31/h2-9,11H,10H2,1H3,(H,32,33). The summed E-state index contributed by atoms with van der Waals surface area (Å²) in [6.07, 6.45) is -5.31. The first kappa shape index (κ1) is 25.1. The lowest BCUT2D eigenvalue weighted by Crippen LogP contribution is -2.22. The van der Waals surface area contributed by atoms with Crippen LogP contribution in [0.1, 0.15) is 16.7 Å². The van der Waals surface area contributed by atoms with Gasteiger partial charge >= 0.3 is 11.8 Å². The summed E-state index contributed by atoms with van der Waals surface area (Å²) >= 11 is 18.1. The monoisotopic (exact) mass is 539 g/mol. The van der Waals surface area contributed by atoms with Crippen molar-refractivity contribution in [2.45, 2.75) is 19.5 Å². The number of carbonyl (C=O) groups is 1. The van der Waals surface area contributed by atoms with E-state index in [2.05, 4.69) is 5.32 Å². The van der Waals surface area contributed by atoms with Gasteiger partial charge in [0.25, 0.3) is 0 Å². The van der Waals surface area contributed by atoms with Gasteiger partial charge < -0.3 is 9.73 Å². The number of hydrogen-bond acceptors (Lipinski definition) is 3. The van der Waals surface area contributed by atoms with Crippen LogP contribution in [-0.4, -0.2) is 5.91 Å². The Morgan fingerprint density at radius 2 is 1.71 bits per heavy atom. The Kier molecular flexibility index (Phi) is 6.86. The van der Waals surface area contributed by atoms with Crippen LogP contribution < -0.4 is 10.9 Å². The Morgan fingerprint density at radius 1 is 1.00 bits per heavy atom. The Balaban J connectivity index is 1.84. The molecule has 4 nitrogen and oxygen atoms in total. The Bertz CT molecular complexity index is 1530. The SMILES string of the molecule is Cc1cc2c(-c3cccc(Cl)c3)c(CC(=O)Nc3ccc(Cl)cc3C(F)(F)F)c(=O)oc2cc1Cl. The highest BCUT2D eigenvalue weighted by molar-refractivity contribution is 6.32. The molecule has 35 heavy (non-hydrogen) atoms. The number of hydrogen-bond donors (Lipinski definition) is 1. The van der Waals surface area contributed by atoms with Crippen LogP contribution in [0.25, 0.3) is 22.1 Å². The van der Waals surface area contributed by atoms with Crippen LogP contribution in [-0.2, 0) is 17.4 Å². The number of halogens is 6. The number of nitrogens with one attached hydrogen (secondary N) is 1. The maximum absolute atomic E-state index is 13.4. The highest BCUT2D eigenvalue weighted by atomic mass is 35.5. The lowest BCUT2D eigenvalue weighted by atomic mass is 9.94. The highest BCUT2D eigenvalue weighted by Crippen LogP contribution is 2.37. The third-order valence-corrected chi connectivity index (χ3v) is 6.17. The predicted octanol–water partition coefficient (Wildman–Crippen LogP) is 7.93. The van der Waals surface area contributed by atoms with Crippen LogP contribution in [0.5, 0.6) is 0 Å². The lowest BCUT2D eigenvalue weighted by Gasteiger charge is -2.16. The summed E-state index contributed by atoms with van der Waals surface area (Å²) in [5, 5.41) is 3.37. The Morgan fingerprint density at radius 3 is 2.40 bits per heavy atom. The zero-order valence-electron chi connectivity index (χ0n) is 17.9. The number of alkyl halides is 3. The molecule has 3 aromatic carbocycles. The fourth-order valence-electron chi connectivity index (χ4n) is 3.72. The van der Waals surface area contributed by atoms with Crippen molar-refractivity contribution in [3.63, 3.8) is 0 Å². The molecule has 0 saturated heterocycles. The van der Waals surface area contributed by atoms with Crippen molar-refractivity contribution in [2.24, 2.45) is 0 Å². The van der Waals surface area contributed by atoms with E-state index in [1.54, 1.807) is 37.3 Å². The number of rotatable bonds is 4. The van der Waals surface area contributed by atoms with E-state index in [9.17, 15) is 22.8 Å². The van der Waals surface area contributed by atoms with Gasteiger partial charge in [0.15, 0.2) is 0 Å². The average Bonchev–Trinajstić information content (AvgIpc) is 2.76. The number of carbonyl (C=O) groups excluding carboxylic acids is 1. The topological polar surface area (TPSA) is 59.3 Å². The molecule has 0 unspecified atom stereocenters. The minimum absolute atomic E-state index is 0.0403. The molecular formula is C25H15Cl3F3NO3. The highest BCUT2D eigenvalue weighted by Gasteiger charge is 2.34. The zero-order chi connectivity index (χ0) is 25.5. The predicted molar refractivity (Wildman–Crippen MR) is 131 cm³/mol. The molecule has 4 aromatic rings. The van der Waals surface area contributed by atoms with Crippen LogP contribution in [0, 0.1) is 6.92 Å². The molecule has 4 rings (SSSR count). The molecule has 0 spiro atoms. The van der Waals surface area contributed by atoms with Gasteiger partial charge in [-0.3, -0.25) is 4.79 Å². The maximum Gasteiger partial charge on any atom is 0.418 e. The minimum atomic E-state index is -4.75. The van der Waals surface area contributed by atoms with Gasteiger partial charge in [0.05, 0.1) is 23.2 Å². The molecule has 0 aliphatic carbocycles. The molecule has 10 heteroatoms. The molecule has 1 aromatic heterocycles. The third kappa shape index (κ3) is 5.32. The van der Waals surface area contributed by atoms with Gasteiger partial charge in [-0.1, -0.05) is 46.9 Å². The van der Waals surface area contributed by atoms with Crippen LogP contribution >= 0.6 is 34.8 Å². The molecule has 1 heterocycles. The summed E-state index contributed by atoms with van der Waals surface area (Å²) in [5.74, 6) is -0.849. The largest absolute Gasteiger partial charge is 0.422 e. The van der Waals surface area contributed by atoms with Gasteiger partial charge in [0, 0.05) is 32.1 Å². The van der Waals surface area contributed by atoms with Crippen molar-refractivity contribution >= 4 is 57.4 Å².